The maximum atomic E-state index is 4.64. The van der Waals surface area contributed by atoms with Gasteiger partial charge in [0.15, 0.2) is 0 Å². The second kappa shape index (κ2) is 5.84. The Labute approximate surface area is 168 Å². The molecule has 2 nitrogen and oxygen atoms in total. The van der Waals surface area contributed by atoms with E-state index in [1.54, 1.807) is 5.57 Å². The van der Waals surface area contributed by atoms with Gasteiger partial charge in [-0.05, 0) is 91.2 Å². The molecule has 0 saturated heterocycles. The van der Waals surface area contributed by atoms with Crippen molar-refractivity contribution < 1.29 is 0 Å². The van der Waals surface area contributed by atoms with E-state index in [4.69, 9.17) is 0 Å². The summed E-state index contributed by atoms with van der Waals surface area (Å²) in [6, 6.07) is 6.44. The largest absolute Gasteiger partial charge is 0.240 e. The van der Waals surface area contributed by atoms with Crippen LogP contribution in [0.5, 0.6) is 0 Å². The Morgan fingerprint density at radius 2 is 1.93 bits per heavy atom. The molecule has 5 atom stereocenters. The molecule has 0 spiro atoms. The summed E-state index contributed by atoms with van der Waals surface area (Å²) in [7, 11) is 0. The summed E-state index contributed by atoms with van der Waals surface area (Å²) < 4.78 is 2.04. The summed E-state index contributed by atoms with van der Waals surface area (Å²) in [5, 5.41) is 4.64. The molecule has 4 aliphatic rings. The minimum atomic E-state index is 0.316. The zero-order chi connectivity index (χ0) is 18.9. The lowest BCUT2D eigenvalue weighted by atomic mass is 9.47. The van der Waals surface area contributed by atoms with Crippen LogP contribution >= 0.6 is 0 Å². The van der Waals surface area contributed by atoms with Gasteiger partial charge >= 0.3 is 0 Å². The maximum absolute atomic E-state index is 4.64. The molecule has 2 aromatic rings. The summed E-state index contributed by atoms with van der Waals surface area (Å²) in [6.07, 6.45) is 20.4. The molecule has 2 fully saturated rings. The predicted molar refractivity (Wildman–Crippen MR) is 115 cm³/mol. The Bertz CT molecular complexity index is 995. The van der Waals surface area contributed by atoms with Crippen LogP contribution in [0.2, 0.25) is 0 Å². The van der Waals surface area contributed by atoms with Crippen molar-refractivity contribution in [3.05, 3.63) is 53.9 Å². The van der Waals surface area contributed by atoms with E-state index in [9.17, 15) is 0 Å². The molecule has 0 bridgehead atoms. The zero-order valence-electron chi connectivity index (χ0n) is 17.3. The van der Waals surface area contributed by atoms with Gasteiger partial charge in [0.05, 0.1) is 11.7 Å². The minimum Gasteiger partial charge on any atom is -0.240 e. The lowest BCUT2D eigenvalue weighted by molar-refractivity contribution is -0.00977. The van der Waals surface area contributed by atoms with Gasteiger partial charge in [0, 0.05) is 11.8 Å². The van der Waals surface area contributed by atoms with E-state index in [1.165, 1.54) is 62.4 Å². The number of allylic oxidation sites excluding steroid dienone is 4. The van der Waals surface area contributed by atoms with Crippen LogP contribution in [-0.2, 0) is 0 Å². The van der Waals surface area contributed by atoms with Crippen molar-refractivity contribution in [2.24, 2.45) is 28.6 Å². The lowest BCUT2D eigenvalue weighted by Crippen LogP contribution is -2.48. The number of nitrogens with zero attached hydrogens (tertiary/aromatic N) is 2. The predicted octanol–water partition coefficient (Wildman–Crippen LogP) is 6.68. The van der Waals surface area contributed by atoms with E-state index in [1.807, 2.05) is 10.1 Å². The number of pyridine rings is 1. The first-order valence-electron chi connectivity index (χ1n) is 11.4. The smallest absolute Gasteiger partial charge is 0.0736 e. The van der Waals surface area contributed by atoms with Crippen LogP contribution in [0.3, 0.4) is 0 Å². The SMILES string of the molecule is C[C@]12CCCCC1=CCC1C2CC[C@]2(C)C(c3cnn4ccccc34)=CCC12. The van der Waals surface area contributed by atoms with Gasteiger partial charge in [-0.25, -0.2) is 4.52 Å². The average Bonchev–Trinajstić information content (AvgIpc) is 3.28. The molecule has 2 aromatic heterocycles. The van der Waals surface area contributed by atoms with Crippen LogP contribution in [0.25, 0.3) is 11.1 Å². The first kappa shape index (κ1) is 17.1. The topological polar surface area (TPSA) is 17.3 Å². The van der Waals surface area contributed by atoms with Gasteiger partial charge in [-0.3, -0.25) is 0 Å². The highest BCUT2D eigenvalue weighted by atomic mass is 15.2. The lowest BCUT2D eigenvalue weighted by Gasteiger charge is -2.57. The fourth-order valence-electron chi connectivity index (χ4n) is 7.83. The third kappa shape index (κ3) is 2.12. The van der Waals surface area contributed by atoms with Crippen LogP contribution in [0.15, 0.2) is 48.3 Å². The van der Waals surface area contributed by atoms with E-state index in [0.29, 0.717) is 10.8 Å². The zero-order valence-corrected chi connectivity index (χ0v) is 17.3. The van der Waals surface area contributed by atoms with E-state index < -0.39 is 0 Å². The van der Waals surface area contributed by atoms with Gasteiger partial charge in [-0.2, -0.15) is 5.10 Å². The monoisotopic (exact) mass is 372 g/mol. The van der Waals surface area contributed by atoms with Crippen molar-refractivity contribution in [3.63, 3.8) is 0 Å². The minimum absolute atomic E-state index is 0.316. The standard InChI is InChI=1S/C26H32N2/c1-25-14-5-3-7-18(25)9-10-19-21-11-12-22(26(21,2)15-13-23(19)25)20-17-27-28-16-6-4-8-24(20)28/h4,6,8-9,12,16-17,19,21,23H,3,5,7,10-11,13-15H2,1-2H3/t19?,21?,23?,25-,26-/m0/s1. The summed E-state index contributed by atoms with van der Waals surface area (Å²) in [4.78, 5) is 0. The van der Waals surface area contributed by atoms with E-state index in [0.717, 1.165) is 17.8 Å². The average molecular weight is 373 g/mol. The van der Waals surface area contributed by atoms with Crippen molar-refractivity contribution >= 4 is 11.1 Å². The molecule has 0 aromatic carbocycles. The van der Waals surface area contributed by atoms with E-state index in [-0.39, 0.29) is 0 Å². The fraction of sp³-hybridized carbons (Fsp3) is 0.577. The van der Waals surface area contributed by atoms with Crippen LogP contribution in [0.1, 0.15) is 70.8 Å². The second-order valence-corrected chi connectivity index (χ2v) is 10.4. The van der Waals surface area contributed by atoms with Gasteiger partial charge in [0.1, 0.15) is 0 Å². The molecule has 2 heteroatoms. The molecule has 6 rings (SSSR count). The Hall–Kier alpha value is -1.83. The van der Waals surface area contributed by atoms with Crippen molar-refractivity contribution in [2.75, 3.05) is 0 Å². The Morgan fingerprint density at radius 3 is 2.86 bits per heavy atom. The highest BCUT2D eigenvalue weighted by Gasteiger charge is 2.56. The molecule has 2 heterocycles. The molecule has 28 heavy (non-hydrogen) atoms. The van der Waals surface area contributed by atoms with Crippen molar-refractivity contribution in [2.45, 2.75) is 65.2 Å². The van der Waals surface area contributed by atoms with E-state index in [2.05, 4.69) is 61.7 Å². The van der Waals surface area contributed by atoms with Crippen LogP contribution < -0.4 is 0 Å². The second-order valence-electron chi connectivity index (χ2n) is 10.4. The third-order valence-corrected chi connectivity index (χ3v) is 9.32. The molecule has 0 aliphatic heterocycles. The summed E-state index contributed by atoms with van der Waals surface area (Å²) in [5.41, 5.74) is 6.85. The molecule has 146 valence electrons. The number of hydrogen-bond donors (Lipinski definition) is 0. The highest BCUT2D eigenvalue weighted by molar-refractivity contribution is 5.82. The molecule has 2 saturated carbocycles. The molecular formula is C26H32N2. The Kier molecular flexibility index (Phi) is 3.56. The van der Waals surface area contributed by atoms with Crippen molar-refractivity contribution in [1.29, 1.82) is 0 Å². The van der Waals surface area contributed by atoms with Gasteiger partial charge in [0.25, 0.3) is 0 Å². The number of hydrogen-bond acceptors (Lipinski definition) is 1. The molecule has 0 radical (unpaired) electrons. The molecule has 0 N–H and O–H groups in total. The Morgan fingerprint density at radius 1 is 1.00 bits per heavy atom. The number of rotatable bonds is 1. The quantitative estimate of drug-likeness (QED) is 0.510. The molecule has 0 amide bonds. The molecular weight excluding hydrogens is 340 g/mol. The van der Waals surface area contributed by atoms with Gasteiger partial charge < -0.3 is 0 Å². The van der Waals surface area contributed by atoms with Crippen LogP contribution in [-0.4, -0.2) is 9.61 Å². The fourth-order valence-corrected chi connectivity index (χ4v) is 7.83. The Balaban J connectivity index is 1.38. The van der Waals surface area contributed by atoms with E-state index >= 15 is 0 Å². The van der Waals surface area contributed by atoms with Crippen molar-refractivity contribution in [3.8, 4) is 0 Å². The van der Waals surface area contributed by atoms with Gasteiger partial charge in [-0.1, -0.05) is 44.1 Å². The van der Waals surface area contributed by atoms with Gasteiger partial charge in [0.2, 0.25) is 0 Å². The molecule has 4 aliphatic carbocycles. The third-order valence-electron chi connectivity index (χ3n) is 9.32. The molecule has 3 unspecified atom stereocenters. The first-order chi connectivity index (χ1) is 13.6. The maximum Gasteiger partial charge on any atom is 0.0736 e. The van der Waals surface area contributed by atoms with Crippen LogP contribution in [0, 0.1) is 28.6 Å². The summed E-state index contributed by atoms with van der Waals surface area (Å²) >= 11 is 0. The highest BCUT2D eigenvalue weighted by Crippen LogP contribution is 2.66. The summed E-state index contributed by atoms with van der Waals surface area (Å²) in [5.74, 6) is 2.57. The summed E-state index contributed by atoms with van der Waals surface area (Å²) in [6.45, 7) is 5.19. The van der Waals surface area contributed by atoms with Crippen molar-refractivity contribution in [1.82, 2.24) is 9.61 Å². The van der Waals surface area contributed by atoms with Crippen LogP contribution in [0.4, 0.5) is 0 Å². The number of fused-ring (bicyclic) bond motifs is 6. The normalized spacial score (nSPS) is 39.7. The van der Waals surface area contributed by atoms with Gasteiger partial charge in [-0.15, -0.1) is 0 Å². The number of aromatic nitrogens is 2. The first-order valence-corrected chi connectivity index (χ1v) is 11.4.